The lowest BCUT2D eigenvalue weighted by molar-refractivity contribution is 0.387. The van der Waals surface area contributed by atoms with Gasteiger partial charge in [-0.1, -0.05) is 12.1 Å². The Morgan fingerprint density at radius 2 is 1.69 bits per heavy atom. The van der Waals surface area contributed by atoms with Crippen LogP contribution in [0.5, 0.6) is 5.88 Å². The van der Waals surface area contributed by atoms with Gasteiger partial charge in [-0.25, -0.2) is 12.8 Å². The standard InChI is InChI=1S/C21H19FN2O4S/c1-28-20-18(13-5-11-17(12-6-13)29(2,26)27)19(14-3-4-14)21(25)24(23-20)16-9-7-15(22)8-10-16/h5-12,14H,3-4H2,1-2H3. The zero-order valence-corrected chi connectivity index (χ0v) is 16.7. The molecule has 0 spiro atoms. The second-order valence-corrected chi connectivity index (χ2v) is 9.08. The summed E-state index contributed by atoms with van der Waals surface area (Å²) >= 11 is 0. The molecule has 0 radical (unpaired) electrons. The summed E-state index contributed by atoms with van der Waals surface area (Å²) in [6, 6.07) is 11.8. The zero-order chi connectivity index (χ0) is 20.8. The normalized spacial score (nSPS) is 14.0. The highest BCUT2D eigenvalue weighted by atomic mass is 32.2. The molecule has 4 rings (SSSR count). The van der Waals surface area contributed by atoms with Gasteiger partial charge in [-0.2, -0.15) is 4.68 Å². The Labute approximate surface area is 167 Å². The average Bonchev–Trinajstić information content (AvgIpc) is 3.53. The van der Waals surface area contributed by atoms with E-state index in [-0.39, 0.29) is 22.3 Å². The van der Waals surface area contributed by atoms with E-state index in [1.54, 1.807) is 12.1 Å². The molecule has 0 amide bonds. The third kappa shape index (κ3) is 3.67. The number of rotatable bonds is 5. The Bertz CT molecular complexity index is 1230. The van der Waals surface area contributed by atoms with Crippen LogP contribution in [0.3, 0.4) is 0 Å². The van der Waals surface area contributed by atoms with Crippen molar-refractivity contribution in [3.8, 4) is 22.7 Å². The van der Waals surface area contributed by atoms with Crippen LogP contribution in [0.1, 0.15) is 24.3 Å². The quantitative estimate of drug-likeness (QED) is 0.640. The summed E-state index contributed by atoms with van der Waals surface area (Å²) in [4.78, 5) is 13.5. The topological polar surface area (TPSA) is 78.3 Å². The Kier molecular flexibility index (Phi) is 4.74. The number of ether oxygens (including phenoxy) is 1. The highest BCUT2D eigenvalue weighted by molar-refractivity contribution is 7.90. The second-order valence-electron chi connectivity index (χ2n) is 7.06. The average molecular weight is 414 g/mol. The first-order chi connectivity index (χ1) is 13.8. The van der Waals surface area contributed by atoms with E-state index in [1.807, 2.05) is 0 Å². The maximum atomic E-state index is 13.3. The van der Waals surface area contributed by atoms with E-state index in [0.29, 0.717) is 22.4 Å². The van der Waals surface area contributed by atoms with Crippen molar-refractivity contribution in [3.05, 3.63) is 70.3 Å². The molecule has 0 unspecified atom stereocenters. The maximum Gasteiger partial charge on any atom is 0.275 e. The van der Waals surface area contributed by atoms with Crippen molar-refractivity contribution in [1.82, 2.24) is 9.78 Å². The molecule has 0 bridgehead atoms. The molecule has 1 aromatic heterocycles. The first-order valence-electron chi connectivity index (χ1n) is 9.07. The van der Waals surface area contributed by atoms with Crippen LogP contribution in [0.15, 0.2) is 58.2 Å². The second kappa shape index (κ2) is 7.11. The van der Waals surface area contributed by atoms with Crippen molar-refractivity contribution >= 4 is 9.84 Å². The third-order valence-electron chi connectivity index (χ3n) is 4.92. The van der Waals surface area contributed by atoms with Crippen LogP contribution < -0.4 is 10.3 Å². The largest absolute Gasteiger partial charge is 0.480 e. The van der Waals surface area contributed by atoms with E-state index >= 15 is 0 Å². The molecular formula is C21H19FN2O4S. The summed E-state index contributed by atoms with van der Waals surface area (Å²) in [5.74, 6) is -0.0719. The smallest absolute Gasteiger partial charge is 0.275 e. The Morgan fingerprint density at radius 3 is 2.21 bits per heavy atom. The van der Waals surface area contributed by atoms with Gasteiger partial charge in [0, 0.05) is 11.8 Å². The summed E-state index contributed by atoms with van der Waals surface area (Å²) in [6.07, 6.45) is 2.89. The number of nitrogens with zero attached hydrogens (tertiary/aromatic N) is 2. The fourth-order valence-electron chi connectivity index (χ4n) is 3.32. The summed E-state index contributed by atoms with van der Waals surface area (Å²) in [6.45, 7) is 0. The monoisotopic (exact) mass is 414 g/mol. The van der Waals surface area contributed by atoms with E-state index in [1.165, 1.54) is 48.2 Å². The van der Waals surface area contributed by atoms with Crippen LogP contribution in [-0.4, -0.2) is 31.6 Å². The highest BCUT2D eigenvalue weighted by Gasteiger charge is 2.33. The minimum Gasteiger partial charge on any atom is -0.480 e. The van der Waals surface area contributed by atoms with Crippen molar-refractivity contribution < 1.29 is 17.5 Å². The lowest BCUT2D eigenvalue weighted by Crippen LogP contribution is -2.26. The predicted octanol–water partition coefficient (Wildman–Crippen LogP) is 3.33. The highest BCUT2D eigenvalue weighted by Crippen LogP contribution is 2.45. The van der Waals surface area contributed by atoms with E-state index in [2.05, 4.69) is 5.10 Å². The molecule has 8 heteroatoms. The fraction of sp³-hybridized carbons (Fsp3) is 0.238. The first kappa shape index (κ1) is 19.3. The lowest BCUT2D eigenvalue weighted by Gasteiger charge is -2.16. The fourth-order valence-corrected chi connectivity index (χ4v) is 3.95. The van der Waals surface area contributed by atoms with Crippen molar-refractivity contribution in [2.75, 3.05) is 13.4 Å². The third-order valence-corrected chi connectivity index (χ3v) is 6.05. The van der Waals surface area contributed by atoms with Crippen molar-refractivity contribution in [2.24, 2.45) is 0 Å². The molecule has 150 valence electrons. The van der Waals surface area contributed by atoms with Crippen LogP contribution >= 0.6 is 0 Å². The van der Waals surface area contributed by atoms with Crippen LogP contribution in [0.4, 0.5) is 4.39 Å². The summed E-state index contributed by atoms with van der Waals surface area (Å²) < 4.78 is 43.5. The molecular weight excluding hydrogens is 395 g/mol. The molecule has 0 saturated heterocycles. The Morgan fingerprint density at radius 1 is 1.07 bits per heavy atom. The minimum absolute atomic E-state index is 0.0793. The van der Waals surface area contributed by atoms with Crippen LogP contribution in [0.25, 0.3) is 16.8 Å². The number of halogens is 1. The van der Waals surface area contributed by atoms with Crippen molar-refractivity contribution in [3.63, 3.8) is 0 Å². The molecule has 1 fully saturated rings. The van der Waals surface area contributed by atoms with E-state index < -0.39 is 15.7 Å². The summed E-state index contributed by atoms with van der Waals surface area (Å²) in [5.41, 5.74) is 1.95. The van der Waals surface area contributed by atoms with E-state index in [4.69, 9.17) is 4.74 Å². The number of benzene rings is 2. The number of hydrogen-bond donors (Lipinski definition) is 0. The predicted molar refractivity (Wildman–Crippen MR) is 107 cm³/mol. The van der Waals surface area contributed by atoms with Gasteiger partial charge in [0.05, 0.1) is 23.3 Å². The molecule has 1 saturated carbocycles. The molecule has 6 nitrogen and oxygen atoms in total. The molecule has 1 heterocycles. The van der Waals surface area contributed by atoms with Gasteiger partial charge in [0.1, 0.15) is 5.82 Å². The first-order valence-corrected chi connectivity index (χ1v) is 11.0. The van der Waals surface area contributed by atoms with Gasteiger partial charge in [0.15, 0.2) is 9.84 Å². The van der Waals surface area contributed by atoms with Crippen molar-refractivity contribution in [2.45, 2.75) is 23.7 Å². The Hall–Kier alpha value is -3.00. The lowest BCUT2D eigenvalue weighted by atomic mass is 9.99. The van der Waals surface area contributed by atoms with Crippen LogP contribution in [-0.2, 0) is 9.84 Å². The van der Waals surface area contributed by atoms with Gasteiger partial charge in [0.2, 0.25) is 5.88 Å². The van der Waals surface area contributed by atoms with Gasteiger partial charge >= 0.3 is 0 Å². The molecule has 0 N–H and O–H groups in total. The number of hydrogen-bond acceptors (Lipinski definition) is 5. The molecule has 0 aliphatic heterocycles. The van der Waals surface area contributed by atoms with Gasteiger partial charge in [-0.15, -0.1) is 5.10 Å². The molecule has 29 heavy (non-hydrogen) atoms. The van der Waals surface area contributed by atoms with E-state index in [0.717, 1.165) is 19.1 Å². The SMILES string of the molecule is COc1nn(-c2ccc(F)cc2)c(=O)c(C2CC2)c1-c1ccc(S(C)(=O)=O)cc1. The van der Waals surface area contributed by atoms with Gasteiger partial charge in [0.25, 0.3) is 5.56 Å². The molecule has 0 atom stereocenters. The summed E-state index contributed by atoms with van der Waals surface area (Å²) in [5, 5.41) is 4.35. The van der Waals surface area contributed by atoms with Crippen LogP contribution in [0.2, 0.25) is 0 Å². The minimum atomic E-state index is -3.33. The summed E-state index contributed by atoms with van der Waals surface area (Å²) in [7, 11) is -1.86. The van der Waals surface area contributed by atoms with Crippen molar-refractivity contribution in [1.29, 1.82) is 0 Å². The molecule has 1 aliphatic rings. The van der Waals surface area contributed by atoms with Gasteiger partial charge in [-0.3, -0.25) is 4.79 Å². The molecule has 3 aromatic rings. The number of methoxy groups -OCH3 is 1. The van der Waals surface area contributed by atoms with Crippen LogP contribution in [0, 0.1) is 5.82 Å². The van der Waals surface area contributed by atoms with Gasteiger partial charge < -0.3 is 4.74 Å². The van der Waals surface area contributed by atoms with Gasteiger partial charge in [-0.05, 0) is 60.7 Å². The zero-order valence-electron chi connectivity index (χ0n) is 15.9. The van der Waals surface area contributed by atoms with E-state index in [9.17, 15) is 17.6 Å². The molecule has 2 aromatic carbocycles. The Balaban J connectivity index is 1.94. The number of sulfone groups is 1. The number of aromatic nitrogens is 2. The maximum absolute atomic E-state index is 13.3. The molecule has 1 aliphatic carbocycles.